The van der Waals surface area contributed by atoms with E-state index in [-0.39, 0.29) is 17.0 Å². The highest BCUT2D eigenvalue weighted by Crippen LogP contribution is 2.19. The first-order valence-electron chi connectivity index (χ1n) is 4.98. The van der Waals surface area contributed by atoms with Crippen LogP contribution in [0.15, 0.2) is 28.0 Å². The summed E-state index contributed by atoms with van der Waals surface area (Å²) in [5.74, 6) is 0. The quantitative estimate of drug-likeness (QED) is 0.650. The van der Waals surface area contributed by atoms with E-state index < -0.39 is 31.5 Å². The van der Waals surface area contributed by atoms with E-state index in [1.54, 1.807) is 6.92 Å². The summed E-state index contributed by atoms with van der Waals surface area (Å²) in [5.41, 5.74) is 0.0490. The fraction of sp³-hybridized carbons (Fsp3) is 0.333. The maximum atomic E-state index is 11.7. The van der Waals surface area contributed by atoms with E-state index in [4.69, 9.17) is 10.2 Å². The average Bonchev–Trinajstić information content (AvgIpc) is 2.27. The number of benzene rings is 1. The van der Waals surface area contributed by atoms with Crippen LogP contribution in [0.3, 0.4) is 0 Å². The maximum Gasteiger partial charge on any atom is 0.240 e. The Hall–Kier alpha value is -1.00. The summed E-state index contributed by atoms with van der Waals surface area (Å²) in [6.07, 6.45) is 0. The van der Waals surface area contributed by atoms with Gasteiger partial charge in [-0.1, -0.05) is 13.0 Å². The van der Waals surface area contributed by atoms with E-state index in [1.165, 1.54) is 12.1 Å². The summed E-state index contributed by atoms with van der Waals surface area (Å²) < 4.78 is 48.2. The van der Waals surface area contributed by atoms with Crippen molar-refractivity contribution in [3.8, 4) is 0 Å². The highest BCUT2D eigenvalue weighted by atomic mass is 32.2. The Morgan fingerprint density at radius 1 is 1.28 bits per heavy atom. The van der Waals surface area contributed by atoms with Crippen molar-refractivity contribution in [2.24, 2.45) is 5.14 Å². The van der Waals surface area contributed by atoms with Crippen molar-refractivity contribution in [1.29, 1.82) is 0 Å². The van der Waals surface area contributed by atoms with Gasteiger partial charge in [-0.3, -0.25) is 0 Å². The van der Waals surface area contributed by atoms with E-state index in [0.29, 0.717) is 0 Å². The van der Waals surface area contributed by atoms with Crippen LogP contribution in [0, 0.1) is 0 Å². The smallest absolute Gasteiger partial charge is 0.240 e. The maximum absolute atomic E-state index is 11.7. The SMILES string of the molecule is CCNS(=O)(=O)c1ccc(CO)c(S(N)(=O)=O)c1. The van der Waals surface area contributed by atoms with Crippen molar-refractivity contribution in [1.82, 2.24) is 4.72 Å². The summed E-state index contributed by atoms with van der Waals surface area (Å²) in [6.45, 7) is 1.22. The number of aliphatic hydroxyl groups excluding tert-OH is 1. The molecular weight excluding hydrogens is 280 g/mol. The first kappa shape index (κ1) is 15.1. The number of primary sulfonamides is 1. The zero-order valence-electron chi connectivity index (χ0n) is 9.62. The number of rotatable bonds is 5. The fourth-order valence-corrected chi connectivity index (χ4v) is 3.30. The van der Waals surface area contributed by atoms with Crippen molar-refractivity contribution in [2.75, 3.05) is 6.54 Å². The van der Waals surface area contributed by atoms with Gasteiger partial charge in [-0.05, 0) is 17.7 Å². The molecule has 0 amide bonds. The number of sulfonamides is 2. The minimum Gasteiger partial charge on any atom is -0.392 e. The Labute approximate surface area is 106 Å². The largest absolute Gasteiger partial charge is 0.392 e. The van der Waals surface area contributed by atoms with Gasteiger partial charge in [0.25, 0.3) is 0 Å². The molecule has 0 saturated heterocycles. The molecule has 0 heterocycles. The zero-order chi connectivity index (χ0) is 14.0. The van der Waals surface area contributed by atoms with Crippen molar-refractivity contribution in [2.45, 2.75) is 23.3 Å². The highest BCUT2D eigenvalue weighted by Gasteiger charge is 2.19. The van der Waals surface area contributed by atoms with Crippen LogP contribution in [-0.4, -0.2) is 28.5 Å². The molecule has 9 heteroatoms. The van der Waals surface area contributed by atoms with Crippen LogP contribution in [0.25, 0.3) is 0 Å². The topological polar surface area (TPSA) is 127 Å². The first-order valence-corrected chi connectivity index (χ1v) is 8.01. The molecule has 0 radical (unpaired) electrons. The molecule has 0 aliphatic carbocycles. The van der Waals surface area contributed by atoms with Gasteiger partial charge in [0.1, 0.15) is 0 Å². The molecule has 0 spiro atoms. The van der Waals surface area contributed by atoms with Crippen LogP contribution >= 0.6 is 0 Å². The number of hydrogen-bond donors (Lipinski definition) is 3. The Morgan fingerprint density at radius 2 is 1.89 bits per heavy atom. The van der Waals surface area contributed by atoms with Crippen molar-refractivity contribution < 1.29 is 21.9 Å². The number of hydrogen-bond acceptors (Lipinski definition) is 5. The van der Waals surface area contributed by atoms with Gasteiger partial charge < -0.3 is 5.11 Å². The highest BCUT2D eigenvalue weighted by molar-refractivity contribution is 7.90. The van der Waals surface area contributed by atoms with Gasteiger partial charge in [0.15, 0.2) is 0 Å². The lowest BCUT2D eigenvalue weighted by molar-refractivity contribution is 0.278. The molecular formula is C9H14N2O5S2. The second-order valence-corrected chi connectivity index (χ2v) is 6.77. The Bertz CT molecular complexity index is 637. The third kappa shape index (κ3) is 3.27. The minimum absolute atomic E-state index is 0.0490. The van der Waals surface area contributed by atoms with Crippen LogP contribution in [-0.2, 0) is 26.7 Å². The van der Waals surface area contributed by atoms with Gasteiger partial charge in [0.2, 0.25) is 20.0 Å². The second kappa shape index (κ2) is 5.33. The van der Waals surface area contributed by atoms with Gasteiger partial charge in [0, 0.05) is 6.54 Å². The van der Waals surface area contributed by atoms with Crippen LogP contribution < -0.4 is 9.86 Å². The average molecular weight is 294 g/mol. The van der Waals surface area contributed by atoms with Gasteiger partial charge in [-0.25, -0.2) is 26.7 Å². The normalized spacial score (nSPS) is 12.6. The predicted molar refractivity (Wildman–Crippen MR) is 64.6 cm³/mol. The van der Waals surface area contributed by atoms with E-state index in [1.807, 2.05) is 0 Å². The van der Waals surface area contributed by atoms with Crippen LogP contribution in [0.4, 0.5) is 0 Å². The molecule has 0 aliphatic rings. The van der Waals surface area contributed by atoms with Gasteiger partial charge in [0.05, 0.1) is 16.4 Å². The molecule has 1 aromatic rings. The molecule has 0 aromatic heterocycles. The fourth-order valence-electron chi connectivity index (χ4n) is 1.37. The Morgan fingerprint density at radius 3 is 2.33 bits per heavy atom. The van der Waals surface area contributed by atoms with Gasteiger partial charge in [-0.15, -0.1) is 0 Å². The van der Waals surface area contributed by atoms with E-state index in [2.05, 4.69) is 4.72 Å². The van der Waals surface area contributed by atoms with E-state index in [9.17, 15) is 16.8 Å². The predicted octanol–water partition coefficient (Wildman–Crippen LogP) is -0.875. The van der Waals surface area contributed by atoms with Crippen molar-refractivity contribution in [3.05, 3.63) is 23.8 Å². The van der Waals surface area contributed by atoms with Crippen LogP contribution in [0.5, 0.6) is 0 Å². The number of aliphatic hydroxyl groups is 1. The van der Waals surface area contributed by atoms with E-state index >= 15 is 0 Å². The summed E-state index contributed by atoms with van der Waals surface area (Å²) >= 11 is 0. The Balaban J connectivity index is 3.46. The molecule has 1 aromatic carbocycles. The van der Waals surface area contributed by atoms with Crippen molar-refractivity contribution >= 4 is 20.0 Å². The van der Waals surface area contributed by atoms with Gasteiger partial charge in [-0.2, -0.15) is 0 Å². The molecule has 0 unspecified atom stereocenters. The second-order valence-electron chi connectivity index (χ2n) is 3.47. The molecule has 0 saturated carbocycles. The zero-order valence-corrected chi connectivity index (χ0v) is 11.3. The Kier molecular flexibility index (Phi) is 4.46. The summed E-state index contributed by atoms with van der Waals surface area (Å²) in [7, 11) is -7.87. The molecule has 1 rings (SSSR count). The van der Waals surface area contributed by atoms with Crippen molar-refractivity contribution in [3.63, 3.8) is 0 Å². The lowest BCUT2D eigenvalue weighted by Crippen LogP contribution is -2.24. The summed E-state index contributed by atoms with van der Waals surface area (Å²) in [4.78, 5) is -0.616. The lowest BCUT2D eigenvalue weighted by Gasteiger charge is -2.09. The lowest BCUT2D eigenvalue weighted by atomic mass is 10.2. The summed E-state index contributed by atoms with van der Waals surface area (Å²) in [6, 6.07) is 3.35. The molecule has 4 N–H and O–H groups in total. The van der Waals surface area contributed by atoms with E-state index in [0.717, 1.165) is 6.07 Å². The molecule has 0 atom stereocenters. The first-order chi connectivity index (χ1) is 8.22. The number of nitrogens with one attached hydrogen (secondary N) is 1. The minimum atomic E-state index is -4.10. The summed E-state index contributed by atoms with van der Waals surface area (Å²) in [5, 5.41) is 14.0. The number of nitrogens with two attached hydrogens (primary N) is 1. The molecule has 0 bridgehead atoms. The molecule has 102 valence electrons. The standard InChI is InChI=1S/C9H14N2O5S2/c1-2-11-18(15,16)8-4-3-7(6-12)9(5-8)17(10,13)14/h3-5,11-12H,2,6H2,1H3,(H2,10,13,14). The third-order valence-corrected chi connectivity index (χ3v) is 4.70. The monoisotopic (exact) mass is 294 g/mol. The van der Waals surface area contributed by atoms with Crippen LogP contribution in [0.2, 0.25) is 0 Å². The van der Waals surface area contributed by atoms with Gasteiger partial charge >= 0.3 is 0 Å². The molecule has 0 fully saturated rings. The molecule has 7 nitrogen and oxygen atoms in total. The van der Waals surface area contributed by atoms with Crippen LogP contribution in [0.1, 0.15) is 12.5 Å². The molecule has 18 heavy (non-hydrogen) atoms. The molecule has 0 aliphatic heterocycles. The third-order valence-electron chi connectivity index (χ3n) is 2.16.